The number of rotatable bonds is 5. The fourth-order valence-electron chi connectivity index (χ4n) is 1.70. The summed E-state index contributed by atoms with van der Waals surface area (Å²) >= 11 is 6.20. The van der Waals surface area contributed by atoms with Crippen LogP contribution in [0, 0.1) is 0 Å². The monoisotopic (exact) mass is 293 g/mol. The van der Waals surface area contributed by atoms with Gasteiger partial charge in [0.1, 0.15) is 6.61 Å². The zero-order valence-corrected chi connectivity index (χ0v) is 12.1. The van der Waals surface area contributed by atoms with Gasteiger partial charge in [-0.3, -0.25) is 4.79 Å². The number of aromatic nitrogens is 2. The summed E-state index contributed by atoms with van der Waals surface area (Å²) in [5.74, 6) is -0.220. The van der Waals surface area contributed by atoms with Gasteiger partial charge in [0.25, 0.3) is 0 Å². The van der Waals surface area contributed by atoms with E-state index in [0.717, 1.165) is 0 Å². The minimum atomic E-state index is -0.220. The van der Waals surface area contributed by atoms with Crippen molar-refractivity contribution in [2.24, 2.45) is 0 Å². The number of anilines is 1. The third-order valence-electron chi connectivity index (χ3n) is 2.57. The van der Waals surface area contributed by atoms with E-state index in [0.29, 0.717) is 16.4 Å². The van der Waals surface area contributed by atoms with Gasteiger partial charge in [0.05, 0.1) is 28.8 Å². The molecule has 0 saturated carbocycles. The molecule has 0 spiro atoms. The van der Waals surface area contributed by atoms with Gasteiger partial charge >= 0.3 is 0 Å². The number of benzene rings is 1. The summed E-state index contributed by atoms with van der Waals surface area (Å²) in [5, 5.41) is 3.33. The number of ether oxygens (including phenoxy) is 1. The Hall–Kier alpha value is -1.85. The number of amides is 1. The summed E-state index contributed by atoms with van der Waals surface area (Å²) in [4.78, 5) is 15.8. The van der Waals surface area contributed by atoms with Crippen molar-refractivity contribution in [1.82, 2.24) is 9.55 Å². The molecule has 6 heteroatoms. The van der Waals surface area contributed by atoms with E-state index >= 15 is 0 Å². The SMILES string of the molecule is CC(C)OCC(=O)Nc1cccc(Cl)c1-n1ccnc1. The first-order valence-corrected chi connectivity index (χ1v) is 6.64. The molecule has 1 aromatic carbocycles. The topological polar surface area (TPSA) is 56.1 Å². The number of para-hydroxylation sites is 1. The molecule has 0 bridgehead atoms. The molecule has 1 heterocycles. The Balaban J connectivity index is 2.20. The van der Waals surface area contributed by atoms with Gasteiger partial charge in [-0.25, -0.2) is 4.98 Å². The summed E-state index contributed by atoms with van der Waals surface area (Å²) in [6.07, 6.45) is 5.05. The molecule has 0 aliphatic carbocycles. The summed E-state index contributed by atoms with van der Waals surface area (Å²) in [5.41, 5.74) is 1.30. The summed E-state index contributed by atoms with van der Waals surface area (Å²) in [6, 6.07) is 5.33. The third kappa shape index (κ3) is 3.59. The van der Waals surface area contributed by atoms with Crippen molar-refractivity contribution in [2.45, 2.75) is 20.0 Å². The van der Waals surface area contributed by atoms with Crippen LogP contribution in [-0.2, 0) is 9.53 Å². The van der Waals surface area contributed by atoms with Crippen LogP contribution in [0.1, 0.15) is 13.8 Å². The lowest BCUT2D eigenvalue weighted by Crippen LogP contribution is -2.21. The van der Waals surface area contributed by atoms with Crippen LogP contribution >= 0.6 is 11.6 Å². The van der Waals surface area contributed by atoms with Gasteiger partial charge in [-0.1, -0.05) is 17.7 Å². The normalized spacial score (nSPS) is 10.8. The van der Waals surface area contributed by atoms with Gasteiger partial charge in [0, 0.05) is 12.4 Å². The lowest BCUT2D eigenvalue weighted by atomic mass is 10.2. The molecule has 0 aliphatic rings. The largest absolute Gasteiger partial charge is 0.369 e. The van der Waals surface area contributed by atoms with Gasteiger partial charge in [-0.2, -0.15) is 0 Å². The maximum atomic E-state index is 11.8. The first-order chi connectivity index (χ1) is 9.58. The first kappa shape index (κ1) is 14.6. The van der Waals surface area contributed by atoms with Crippen molar-refractivity contribution < 1.29 is 9.53 Å². The summed E-state index contributed by atoms with van der Waals surface area (Å²) < 4.78 is 7.02. The van der Waals surface area contributed by atoms with Crippen LogP contribution in [-0.4, -0.2) is 28.2 Å². The summed E-state index contributed by atoms with van der Waals surface area (Å²) in [7, 11) is 0. The number of hydrogen-bond acceptors (Lipinski definition) is 3. The van der Waals surface area contributed by atoms with Crippen LogP contribution in [0.25, 0.3) is 5.69 Å². The molecule has 0 saturated heterocycles. The van der Waals surface area contributed by atoms with Crippen LogP contribution in [0.3, 0.4) is 0 Å². The van der Waals surface area contributed by atoms with Crippen molar-refractivity contribution >= 4 is 23.2 Å². The van der Waals surface area contributed by atoms with Crippen molar-refractivity contribution in [2.75, 3.05) is 11.9 Å². The second-order valence-electron chi connectivity index (χ2n) is 4.51. The van der Waals surface area contributed by atoms with Gasteiger partial charge in [-0.15, -0.1) is 0 Å². The van der Waals surface area contributed by atoms with Crippen LogP contribution in [0.5, 0.6) is 0 Å². The fourth-order valence-corrected chi connectivity index (χ4v) is 1.97. The highest BCUT2D eigenvalue weighted by molar-refractivity contribution is 6.33. The van der Waals surface area contributed by atoms with Gasteiger partial charge in [0.2, 0.25) is 5.91 Å². The van der Waals surface area contributed by atoms with Gasteiger partial charge in [0.15, 0.2) is 0 Å². The molecular formula is C14H16ClN3O2. The Morgan fingerprint density at radius 3 is 2.95 bits per heavy atom. The molecule has 0 fully saturated rings. The van der Waals surface area contributed by atoms with Crippen LogP contribution in [0.2, 0.25) is 5.02 Å². The maximum Gasteiger partial charge on any atom is 0.250 e. The average Bonchev–Trinajstić information content (AvgIpc) is 2.90. The Labute approximate surface area is 122 Å². The Bertz CT molecular complexity index is 582. The number of nitrogens with zero attached hydrogens (tertiary/aromatic N) is 2. The van der Waals surface area contributed by atoms with Crippen molar-refractivity contribution in [1.29, 1.82) is 0 Å². The maximum absolute atomic E-state index is 11.8. The fraction of sp³-hybridized carbons (Fsp3) is 0.286. The first-order valence-electron chi connectivity index (χ1n) is 6.26. The molecule has 0 radical (unpaired) electrons. The highest BCUT2D eigenvalue weighted by Gasteiger charge is 2.12. The molecule has 1 amide bonds. The van der Waals surface area contributed by atoms with Gasteiger partial charge < -0.3 is 14.6 Å². The van der Waals surface area contributed by atoms with Gasteiger partial charge in [-0.05, 0) is 26.0 Å². The zero-order chi connectivity index (χ0) is 14.5. The number of imidazole rings is 1. The third-order valence-corrected chi connectivity index (χ3v) is 2.88. The van der Waals surface area contributed by atoms with E-state index in [1.54, 1.807) is 41.5 Å². The number of carbonyl (C=O) groups is 1. The van der Waals surface area contributed by atoms with E-state index in [-0.39, 0.29) is 18.6 Å². The molecule has 20 heavy (non-hydrogen) atoms. The zero-order valence-electron chi connectivity index (χ0n) is 11.3. The van der Waals surface area contributed by atoms with Crippen molar-refractivity contribution in [3.05, 3.63) is 41.9 Å². The number of hydrogen-bond donors (Lipinski definition) is 1. The Kier molecular flexibility index (Phi) is 4.76. The molecule has 2 rings (SSSR count). The molecule has 5 nitrogen and oxygen atoms in total. The standard InChI is InChI=1S/C14H16ClN3O2/c1-10(2)20-8-13(19)17-12-5-3-4-11(15)14(12)18-7-6-16-9-18/h3-7,9-10H,8H2,1-2H3,(H,17,19). The van der Waals surface area contributed by atoms with Crippen LogP contribution < -0.4 is 5.32 Å². The molecule has 1 aromatic heterocycles. The quantitative estimate of drug-likeness (QED) is 0.922. The number of nitrogens with one attached hydrogen (secondary N) is 1. The van der Waals surface area contributed by atoms with E-state index in [9.17, 15) is 4.79 Å². The molecule has 106 valence electrons. The second-order valence-corrected chi connectivity index (χ2v) is 4.92. The second kappa shape index (κ2) is 6.54. The van der Waals surface area contributed by atoms with E-state index in [1.165, 1.54) is 0 Å². The van der Waals surface area contributed by atoms with E-state index < -0.39 is 0 Å². The highest BCUT2D eigenvalue weighted by Crippen LogP contribution is 2.28. The Morgan fingerprint density at radius 1 is 1.50 bits per heavy atom. The van der Waals surface area contributed by atoms with Crippen LogP contribution in [0.15, 0.2) is 36.9 Å². The molecule has 2 aromatic rings. The summed E-state index contributed by atoms with van der Waals surface area (Å²) in [6.45, 7) is 3.76. The lowest BCUT2D eigenvalue weighted by Gasteiger charge is -2.14. The van der Waals surface area contributed by atoms with Crippen molar-refractivity contribution in [3.63, 3.8) is 0 Å². The average molecular weight is 294 g/mol. The molecule has 0 unspecified atom stereocenters. The van der Waals surface area contributed by atoms with E-state index in [1.807, 2.05) is 13.8 Å². The predicted octanol–water partition coefficient (Wildman–Crippen LogP) is 2.89. The smallest absolute Gasteiger partial charge is 0.250 e. The van der Waals surface area contributed by atoms with E-state index in [4.69, 9.17) is 16.3 Å². The van der Waals surface area contributed by atoms with Crippen molar-refractivity contribution in [3.8, 4) is 5.69 Å². The predicted molar refractivity (Wildman–Crippen MR) is 78.3 cm³/mol. The molecular weight excluding hydrogens is 278 g/mol. The molecule has 1 N–H and O–H groups in total. The Morgan fingerprint density at radius 2 is 2.30 bits per heavy atom. The minimum absolute atomic E-state index is 0.00749. The molecule has 0 atom stereocenters. The lowest BCUT2D eigenvalue weighted by molar-refractivity contribution is -0.121. The number of halogens is 1. The van der Waals surface area contributed by atoms with Crippen LogP contribution in [0.4, 0.5) is 5.69 Å². The molecule has 0 aliphatic heterocycles. The highest BCUT2D eigenvalue weighted by atomic mass is 35.5. The van der Waals surface area contributed by atoms with E-state index in [2.05, 4.69) is 10.3 Å². The minimum Gasteiger partial charge on any atom is -0.369 e. The number of carbonyl (C=O) groups excluding carboxylic acids is 1.